The Morgan fingerprint density at radius 1 is 1.12 bits per heavy atom. The molecule has 0 radical (unpaired) electrons. The summed E-state index contributed by atoms with van der Waals surface area (Å²) in [6.07, 6.45) is -0.224. The van der Waals surface area contributed by atoms with E-state index in [4.69, 9.17) is 16.3 Å². The van der Waals surface area contributed by atoms with Crippen LogP contribution in [-0.2, 0) is 9.59 Å². The monoisotopic (exact) mass is 374 g/mol. The van der Waals surface area contributed by atoms with Gasteiger partial charge in [-0.15, -0.1) is 0 Å². The van der Waals surface area contributed by atoms with E-state index in [-0.39, 0.29) is 17.9 Å². The van der Waals surface area contributed by atoms with Gasteiger partial charge in [-0.05, 0) is 49.7 Å². The lowest BCUT2D eigenvalue weighted by atomic mass is 10.1. The predicted molar refractivity (Wildman–Crippen MR) is 103 cm³/mol. The van der Waals surface area contributed by atoms with Gasteiger partial charge in [-0.3, -0.25) is 9.59 Å². The molecule has 0 bridgehead atoms. The van der Waals surface area contributed by atoms with Gasteiger partial charge in [0, 0.05) is 17.1 Å². The largest absolute Gasteiger partial charge is 0.481 e. The molecule has 6 heteroatoms. The zero-order valence-corrected chi connectivity index (χ0v) is 15.8. The molecule has 2 amide bonds. The molecule has 2 aromatic carbocycles. The fourth-order valence-electron chi connectivity index (χ4n) is 2.32. The lowest BCUT2D eigenvalue weighted by molar-refractivity contribution is -0.128. The molecule has 0 spiro atoms. The fraction of sp³-hybridized carbons (Fsp3) is 0.300. The van der Waals surface area contributed by atoms with Gasteiger partial charge in [-0.2, -0.15) is 0 Å². The number of nitrogens with one attached hydrogen (secondary N) is 2. The van der Waals surface area contributed by atoms with Crippen molar-refractivity contribution in [2.24, 2.45) is 0 Å². The van der Waals surface area contributed by atoms with E-state index >= 15 is 0 Å². The Balaban J connectivity index is 1.92. The van der Waals surface area contributed by atoms with Crippen LogP contribution in [0.4, 0.5) is 5.69 Å². The van der Waals surface area contributed by atoms with Crippen LogP contribution in [0.1, 0.15) is 38.8 Å². The number of anilines is 1. The van der Waals surface area contributed by atoms with Crippen molar-refractivity contribution >= 4 is 29.1 Å². The molecule has 0 aliphatic carbocycles. The Morgan fingerprint density at radius 2 is 1.81 bits per heavy atom. The van der Waals surface area contributed by atoms with Gasteiger partial charge in [-0.1, -0.05) is 36.7 Å². The number of carbonyl (C=O) groups excluding carboxylic acids is 2. The van der Waals surface area contributed by atoms with E-state index in [0.29, 0.717) is 17.2 Å². The molecule has 0 aromatic heterocycles. The maximum absolute atomic E-state index is 12.3. The number of benzene rings is 2. The Bertz CT molecular complexity index is 762. The van der Waals surface area contributed by atoms with Crippen molar-refractivity contribution in [1.29, 1.82) is 0 Å². The number of carbonyl (C=O) groups is 2. The minimum atomic E-state index is -0.654. The quantitative estimate of drug-likeness (QED) is 0.757. The van der Waals surface area contributed by atoms with Gasteiger partial charge in [0.15, 0.2) is 6.10 Å². The highest BCUT2D eigenvalue weighted by Crippen LogP contribution is 2.19. The molecule has 5 nitrogen and oxygen atoms in total. The van der Waals surface area contributed by atoms with Crippen molar-refractivity contribution in [1.82, 2.24) is 5.32 Å². The Kier molecular flexibility index (Phi) is 7.04. The van der Waals surface area contributed by atoms with E-state index in [9.17, 15) is 9.59 Å². The van der Waals surface area contributed by atoms with Crippen LogP contribution < -0.4 is 15.4 Å². The molecule has 0 aliphatic rings. The second-order valence-corrected chi connectivity index (χ2v) is 6.41. The lowest BCUT2D eigenvalue weighted by Gasteiger charge is -2.19. The maximum atomic E-state index is 12.3. The number of halogens is 1. The second kappa shape index (κ2) is 9.25. The van der Waals surface area contributed by atoms with Crippen molar-refractivity contribution in [2.75, 3.05) is 5.32 Å². The Morgan fingerprint density at radius 3 is 2.42 bits per heavy atom. The maximum Gasteiger partial charge on any atom is 0.261 e. The zero-order chi connectivity index (χ0) is 19.1. The molecular formula is C20H23ClN2O3. The highest BCUT2D eigenvalue weighted by Gasteiger charge is 2.18. The van der Waals surface area contributed by atoms with E-state index in [1.165, 1.54) is 0 Å². The minimum absolute atomic E-state index is 0.0360. The number of hydrogen-bond acceptors (Lipinski definition) is 3. The standard InChI is InChI=1S/C20H23ClN2O3/c1-4-19(24)23-17-10-8-15(9-11-17)13(2)22-20(25)14(3)26-18-7-5-6-16(21)12-18/h5-14H,4H2,1-3H3,(H,22,25)(H,23,24). The highest BCUT2D eigenvalue weighted by molar-refractivity contribution is 6.30. The van der Waals surface area contributed by atoms with Gasteiger partial charge in [0.05, 0.1) is 6.04 Å². The van der Waals surface area contributed by atoms with E-state index in [1.807, 2.05) is 31.2 Å². The molecule has 138 valence electrons. The molecule has 0 fully saturated rings. The number of hydrogen-bond donors (Lipinski definition) is 2. The summed E-state index contributed by atoms with van der Waals surface area (Å²) in [6.45, 7) is 5.38. The minimum Gasteiger partial charge on any atom is -0.481 e. The van der Waals surface area contributed by atoms with Crippen molar-refractivity contribution in [3.63, 3.8) is 0 Å². The molecule has 2 atom stereocenters. The second-order valence-electron chi connectivity index (χ2n) is 5.97. The van der Waals surface area contributed by atoms with Crippen molar-refractivity contribution in [2.45, 2.75) is 39.3 Å². The summed E-state index contributed by atoms with van der Waals surface area (Å²) in [5, 5.41) is 6.26. The summed E-state index contributed by atoms with van der Waals surface area (Å²) in [5.74, 6) is 0.288. The van der Waals surface area contributed by atoms with Gasteiger partial charge in [-0.25, -0.2) is 0 Å². The normalized spacial score (nSPS) is 12.8. The molecule has 0 saturated carbocycles. The van der Waals surface area contributed by atoms with Crippen LogP contribution in [0.25, 0.3) is 0 Å². The summed E-state index contributed by atoms with van der Waals surface area (Å²) in [6, 6.07) is 14.1. The first-order valence-corrected chi connectivity index (χ1v) is 8.89. The number of ether oxygens (including phenoxy) is 1. The Labute approximate surface area is 158 Å². The summed E-state index contributed by atoms with van der Waals surface area (Å²) < 4.78 is 5.62. The summed E-state index contributed by atoms with van der Waals surface area (Å²) >= 11 is 5.92. The molecule has 0 heterocycles. The average molecular weight is 375 g/mol. The fourth-order valence-corrected chi connectivity index (χ4v) is 2.50. The van der Waals surface area contributed by atoms with E-state index in [1.54, 1.807) is 38.1 Å². The SMILES string of the molecule is CCC(=O)Nc1ccc(C(C)NC(=O)C(C)Oc2cccc(Cl)c2)cc1. The molecule has 0 saturated heterocycles. The van der Waals surface area contributed by atoms with E-state index in [0.717, 1.165) is 11.3 Å². The summed E-state index contributed by atoms with van der Waals surface area (Å²) in [7, 11) is 0. The van der Waals surface area contributed by atoms with Gasteiger partial charge in [0.25, 0.3) is 5.91 Å². The smallest absolute Gasteiger partial charge is 0.261 e. The van der Waals surface area contributed by atoms with Crippen molar-refractivity contribution in [3.8, 4) is 5.75 Å². The highest BCUT2D eigenvalue weighted by atomic mass is 35.5. The number of amides is 2. The molecule has 2 N–H and O–H groups in total. The molecular weight excluding hydrogens is 352 g/mol. The molecule has 2 rings (SSSR count). The van der Waals surface area contributed by atoms with Crippen LogP contribution in [0.15, 0.2) is 48.5 Å². The van der Waals surface area contributed by atoms with Gasteiger partial charge in [0.1, 0.15) is 5.75 Å². The summed E-state index contributed by atoms with van der Waals surface area (Å²) in [5.41, 5.74) is 1.67. The molecule has 0 aliphatic heterocycles. The third-order valence-electron chi connectivity index (χ3n) is 3.85. The van der Waals surface area contributed by atoms with Crippen LogP contribution >= 0.6 is 11.6 Å². The zero-order valence-electron chi connectivity index (χ0n) is 15.1. The van der Waals surface area contributed by atoms with Crippen LogP contribution in [0.5, 0.6) is 5.75 Å². The molecule has 2 aromatic rings. The first-order valence-electron chi connectivity index (χ1n) is 8.51. The number of rotatable bonds is 7. The van der Waals surface area contributed by atoms with Gasteiger partial charge >= 0.3 is 0 Å². The van der Waals surface area contributed by atoms with Gasteiger partial charge in [0.2, 0.25) is 5.91 Å². The van der Waals surface area contributed by atoms with Crippen LogP contribution in [-0.4, -0.2) is 17.9 Å². The Hall–Kier alpha value is -2.53. The first kappa shape index (κ1) is 19.8. The predicted octanol–water partition coefficient (Wildman–Crippen LogP) is 4.33. The third kappa shape index (κ3) is 5.77. The average Bonchev–Trinajstić information content (AvgIpc) is 2.62. The van der Waals surface area contributed by atoms with Crippen LogP contribution in [0, 0.1) is 0 Å². The third-order valence-corrected chi connectivity index (χ3v) is 4.09. The molecule has 2 unspecified atom stereocenters. The first-order chi connectivity index (χ1) is 12.4. The van der Waals surface area contributed by atoms with E-state index in [2.05, 4.69) is 10.6 Å². The topological polar surface area (TPSA) is 67.4 Å². The van der Waals surface area contributed by atoms with Crippen LogP contribution in [0.3, 0.4) is 0 Å². The molecule has 26 heavy (non-hydrogen) atoms. The van der Waals surface area contributed by atoms with Crippen molar-refractivity contribution in [3.05, 3.63) is 59.1 Å². The van der Waals surface area contributed by atoms with Crippen LogP contribution in [0.2, 0.25) is 5.02 Å². The lowest BCUT2D eigenvalue weighted by Crippen LogP contribution is -2.37. The van der Waals surface area contributed by atoms with E-state index < -0.39 is 6.10 Å². The van der Waals surface area contributed by atoms with Crippen molar-refractivity contribution < 1.29 is 14.3 Å². The summed E-state index contributed by atoms with van der Waals surface area (Å²) in [4.78, 5) is 23.7. The van der Waals surface area contributed by atoms with Gasteiger partial charge < -0.3 is 15.4 Å².